The molecule has 1 aliphatic rings. The van der Waals surface area contributed by atoms with Gasteiger partial charge in [0.25, 0.3) is 0 Å². The Labute approximate surface area is 134 Å². The van der Waals surface area contributed by atoms with Crippen LogP contribution in [0.4, 0.5) is 5.69 Å². The smallest absolute Gasteiger partial charge is 0.354 e. The van der Waals surface area contributed by atoms with Gasteiger partial charge >= 0.3 is 11.9 Å². The van der Waals surface area contributed by atoms with Gasteiger partial charge in [0.2, 0.25) is 0 Å². The average molecular weight is 320 g/mol. The molecule has 7 nitrogen and oxygen atoms in total. The molecular weight excluding hydrogens is 300 g/mol. The summed E-state index contributed by atoms with van der Waals surface area (Å²) in [6.45, 7) is 5.29. The summed E-state index contributed by atoms with van der Waals surface area (Å²) < 4.78 is 10.3. The maximum Gasteiger partial charge on any atom is 0.354 e. The number of carbonyl (C=O) groups is 2. The van der Waals surface area contributed by atoms with Gasteiger partial charge in [-0.15, -0.1) is 0 Å². The summed E-state index contributed by atoms with van der Waals surface area (Å²) in [7, 11) is 1.50. The topological polar surface area (TPSA) is 88.4 Å². The molecule has 0 aliphatic carbocycles. The molecule has 124 valence electrons. The van der Waals surface area contributed by atoms with E-state index in [1.54, 1.807) is 19.1 Å². The lowest BCUT2D eigenvalue weighted by atomic mass is 9.95. The van der Waals surface area contributed by atoms with Gasteiger partial charge in [0.05, 0.1) is 13.7 Å². The zero-order valence-corrected chi connectivity index (χ0v) is 13.6. The molecule has 1 heterocycles. The molecule has 0 aromatic heterocycles. The summed E-state index contributed by atoms with van der Waals surface area (Å²) in [6.07, 6.45) is -0.0434. The van der Waals surface area contributed by atoms with E-state index >= 15 is 0 Å². The van der Waals surface area contributed by atoms with Crippen LogP contribution in [0.1, 0.15) is 25.8 Å². The minimum absolute atomic E-state index is 0.0434. The number of hydrogen-bond donors (Lipinski definition) is 1. The summed E-state index contributed by atoms with van der Waals surface area (Å²) in [5.74, 6) is -1.20. The fourth-order valence-electron chi connectivity index (χ4n) is 2.45. The first-order valence-electron chi connectivity index (χ1n) is 7.26. The highest BCUT2D eigenvalue weighted by molar-refractivity contribution is 6.38. The first-order valence-corrected chi connectivity index (χ1v) is 7.26. The average Bonchev–Trinajstić information content (AvgIpc) is 2.87. The van der Waals surface area contributed by atoms with E-state index in [-0.39, 0.29) is 18.7 Å². The highest BCUT2D eigenvalue weighted by Crippen LogP contribution is 2.39. The van der Waals surface area contributed by atoms with Crippen LogP contribution in [0.5, 0.6) is 5.75 Å². The molecule has 0 unspecified atom stereocenters. The zero-order valence-electron chi connectivity index (χ0n) is 13.6. The van der Waals surface area contributed by atoms with Gasteiger partial charge < -0.3 is 14.6 Å². The lowest BCUT2D eigenvalue weighted by Crippen LogP contribution is -2.47. The molecule has 1 N–H and O–H groups in total. The summed E-state index contributed by atoms with van der Waals surface area (Å²) >= 11 is 0. The molecule has 1 atom stereocenters. The van der Waals surface area contributed by atoms with E-state index < -0.39 is 17.5 Å². The number of hydrogen-bond acceptors (Lipinski definition) is 6. The van der Waals surface area contributed by atoms with Gasteiger partial charge in [-0.1, -0.05) is 6.07 Å². The Balaban J connectivity index is 2.53. The molecule has 0 fully saturated rings. The SMILES string of the molecule is CCOC(=O)C1=NN(c2cc(C)ccc2OC)[C@](C)(C(=O)O)C1. The number of anilines is 1. The molecule has 0 saturated heterocycles. The van der Waals surface area contributed by atoms with Crippen LogP contribution >= 0.6 is 0 Å². The Morgan fingerprint density at radius 2 is 2.13 bits per heavy atom. The first kappa shape index (κ1) is 16.8. The molecule has 2 rings (SSSR count). The maximum atomic E-state index is 12.0. The largest absolute Gasteiger partial charge is 0.495 e. The summed E-state index contributed by atoms with van der Waals surface area (Å²) in [4.78, 5) is 23.8. The van der Waals surface area contributed by atoms with Crippen LogP contribution in [0, 0.1) is 6.92 Å². The Kier molecular flexibility index (Phi) is 4.58. The Bertz CT molecular complexity index is 670. The second-order valence-electron chi connectivity index (χ2n) is 5.51. The lowest BCUT2D eigenvalue weighted by Gasteiger charge is -2.31. The highest BCUT2D eigenvalue weighted by Gasteiger charge is 2.48. The normalized spacial score (nSPS) is 20.2. The van der Waals surface area contributed by atoms with E-state index in [0.717, 1.165) is 5.56 Å². The molecule has 1 aromatic carbocycles. The Morgan fingerprint density at radius 1 is 1.43 bits per heavy atom. The predicted octanol–water partition coefficient (Wildman–Crippen LogP) is 1.98. The number of carboxylic acid groups (broad SMARTS) is 1. The summed E-state index contributed by atoms with van der Waals surface area (Å²) in [5, 5.41) is 15.2. The lowest BCUT2D eigenvalue weighted by molar-refractivity contribution is -0.142. The van der Waals surface area contributed by atoms with Crippen LogP contribution < -0.4 is 9.75 Å². The molecule has 0 amide bonds. The number of carbonyl (C=O) groups excluding carboxylic acids is 1. The number of carboxylic acids is 1. The van der Waals surface area contributed by atoms with Crippen molar-refractivity contribution >= 4 is 23.3 Å². The van der Waals surface area contributed by atoms with Crippen molar-refractivity contribution in [1.82, 2.24) is 0 Å². The Morgan fingerprint density at radius 3 is 2.70 bits per heavy atom. The van der Waals surface area contributed by atoms with Crippen molar-refractivity contribution in [3.05, 3.63) is 23.8 Å². The fourth-order valence-corrected chi connectivity index (χ4v) is 2.45. The van der Waals surface area contributed by atoms with Crippen molar-refractivity contribution in [1.29, 1.82) is 0 Å². The van der Waals surface area contributed by atoms with Crippen LogP contribution in [0.15, 0.2) is 23.3 Å². The minimum atomic E-state index is -1.39. The number of rotatable bonds is 5. The molecule has 0 saturated carbocycles. The zero-order chi connectivity index (χ0) is 17.2. The quantitative estimate of drug-likeness (QED) is 0.835. The van der Waals surface area contributed by atoms with E-state index in [0.29, 0.717) is 11.4 Å². The van der Waals surface area contributed by atoms with Crippen molar-refractivity contribution in [3.8, 4) is 5.75 Å². The van der Waals surface area contributed by atoms with Crippen molar-refractivity contribution in [3.63, 3.8) is 0 Å². The van der Waals surface area contributed by atoms with Crippen LogP contribution in [-0.2, 0) is 14.3 Å². The third-order valence-electron chi connectivity index (χ3n) is 3.73. The monoisotopic (exact) mass is 320 g/mol. The van der Waals surface area contributed by atoms with E-state index in [2.05, 4.69) is 5.10 Å². The second-order valence-corrected chi connectivity index (χ2v) is 5.51. The molecule has 1 aliphatic heterocycles. The minimum Gasteiger partial charge on any atom is -0.495 e. The van der Waals surface area contributed by atoms with Crippen LogP contribution in [0.3, 0.4) is 0 Å². The first-order chi connectivity index (χ1) is 10.8. The van der Waals surface area contributed by atoms with Crippen molar-refractivity contribution in [2.24, 2.45) is 5.10 Å². The standard InChI is InChI=1S/C16H20N2O5/c1-5-23-14(19)11-9-16(3,15(20)21)18(17-11)12-8-10(2)6-7-13(12)22-4/h6-8H,5,9H2,1-4H3,(H,20,21)/t16-/m0/s1. The third kappa shape index (κ3) is 2.99. The van der Waals surface area contributed by atoms with Gasteiger partial charge in [-0.25, -0.2) is 14.6 Å². The number of methoxy groups -OCH3 is 1. The fraction of sp³-hybridized carbons (Fsp3) is 0.438. The van der Waals surface area contributed by atoms with Crippen molar-refractivity contribution in [2.75, 3.05) is 18.7 Å². The molecule has 23 heavy (non-hydrogen) atoms. The van der Waals surface area contributed by atoms with Crippen LogP contribution in [0.2, 0.25) is 0 Å². The maximum absolute atomic E-state index is 12.0. The van der Waals surface area contributed by atoms with E-state index in [1.807, 2.05) is 13.0 Å². The van der Waals surface area contributed by atoms with Gasteiger partial charge in [0.1, 0.15) is 17.1 Å². The highest BCUT2D eigenvalue weighted by atomic mass is 16.5. The number of nitrogens with zero attached hydrogens (tertiary/aromatic N) is 2. The van der Waals surface area contributed by atoms with Crippen molar-refractivity contribution in [2.45, 2.75) is 32.7 Å². The number of esters is 1. The summed E-state index contributed by atoms with van der Waals surface area (Å²) in [6, 6.07) is 5.37. The predicted molar refractivity (Wildman–Crippen MR) is 84.9 cm³/mol. The van der Waals surface area contributed by atoms with Crippen LogP contribution in [-0.4, -0.2) is 42.0 Å². The number of aliphatic carboxylic acids is 1. The van der Waals surface area contributed by atoms with E-state index in [4.69, 9.17) is 9.47 Å². The second kappa shape index (κ2) is 6.28. The number of aryl methyl sites for hydroxylation is 1. The van der Waals surface area contributed by atoms with Gasteiger partial charge in [0, 0.05) is 6.42 Å². The summed E-state index contributed by atoms with van der Waals surface area (Å²) in [5.41, 5.74) is 0.119. The molecule has 0 bridgehead atoms. The van der Waals surface area contributed by atoms with Crippen LogP contribution in [0.25, 0.3) is 0 Å². The molecular formula is C16H20N2O5. The van der Waals surface area contributed by atoms with E-state index in [1.165, 1.54) is 19.0 Å². The van der Waals surface area contributed by atoms with Gasteiger partial charge in [-0.3, -0.25) is 0 Å². The third-order valence-corrected chi connectivity index (χ3v) is 3.73. The molecule has 0 spiro atoms. The van der Waals surface area contributed by atoms with Crippen molar-refractivity contribution < 1.29 is 24.2 Å². The van der Waals surface area contributed by atoms with E-state index in [9.17, 15) is 14.7 Å². The van der Waals surface area contributed by atoms with Gasteiger partial charge in [-0.2, -0.15) is 5.10 Å². The van der Waals surface area contributed by atoms with Gasteiger partial charge in [-0.05, 0) is 38.5 Å². The molecule has 1 aromatic rings. The molecule has 0 radical (unpaired) electrons. The molecule has 7 heteroatoms. The number of benzene rings is 1. The Hall–Kier alpha value is -2.57. The number of ether oxygens (including phenoxy) is 2. The number of hydrazone groups is 1. The van der Waals surface area contributed by atoms with Gasteiger partial charge in [0.15, 0.2) is 5.54 Å².